The molecule has 1 heteroatoms. The maximum absolute atomic E-state index is 3.58. The van der Waals surface area contributed by atoms with Crippen molar-refractivity contribution in [3.05, 3.63) is 29.8 Å². The SMILES string of the molecule is CCCCc1ccc(NCCC2CCCCC2)cc1. The second-order valence-corrected chi connectivity index (χ2v) is 6.02. The number of hydrogen-bond acceptors (Lipinski definition) is 1. The number of rotatable bonds is 7. The summed E-state index contributed by atoms with van der Waals surface area (Å²) in [4.78, 5) is 0. The van der Waals surface area contributed by atoms with Gasteiger partial charge in [0, 0.05) is 12.2 Å². The standard InChI is InChI=1S/C18H29N/c1-2-3-7-17-10-12-18(13-11-17)19-15-14-16-8-5-4-6-9-16/h10-13,16,19H,2-9,14-15H2,1H3. The molecule has 0 spiro atoms. The highest BCUT2D eigenvalue weighted by atomic mass is 14.9. The molecular formula is C18H29N. The van der Waals surface area contributed by atoms with Gasteiger partial charge in [0.15, 0.2) is 0 Å². The molecule has 0 aliphatic heterocycles. The molecule has 1 aromatic carbocycles. The summed E-state index contributed by atoms with van der Waals surface area (Å²) in [6.45, 7) is 3.39. The zero-order chi connectivity index (χ0) is 13.3. The van der Waals surface area contributed by atoms with E-state index in [1.807, 2.05) is 0 Å². The molecule has 19 heavy (non-hydrogen) atoms. The van der Waals surface area contributed by atoms with Crippen molar-refractivity contribution in [3.8, 4) is 0 Å². The first-order valence-electron chi connectivity index (χ1n) is 8.21. The fraction of sp³-hybridized carbons (Fsp3) is 0.667. The average Bonchev–Trinajstić information content (AvgIpc) is 2.47. The molecule has 0 radical (unpaired) electrons. The summed E-state index contributed by atoms with van der Waals surface area (Å²) in [5.41, 5.74) is 2.76. The molecule has 1 nitrogen and oxygen atoms in total. The molecule has 1 aliphatic rings. The van der Waals surface area contributed by atoms with Crippen molar-refractivity contribution in [2.75, 3.05) is 11.9 Å². The van der Waals surface area contributed by atoms with Crippen LogP contribution in [0.4, 0.5) is 5.69 Å². The minimum Gasteiger partial charge on any atom is -0.385 e. The van der Waals surface area contributed by atoms with Gasteiger partial charge in [-0.2, -0.15) is 0 Å². The topological polar surface area (TPSA) is 12.0 Å². The molecular weight excluding hydrogens is 230 g/mol. The van der Waals surface area contributed by atoms with E-state index in [4.69, 9.17) is 0 Å². The Hall–Kier alpha value is -0.980. The third-order valence-corrected chi connectivity index (χ3v) is 4.38. The summed E-state index contributed by atoms with van der Waals surface area (Å²) >= 11 is 0. The predicted molar refractivity (Wildman–Crippen MR) is 84.7 cm³/mol. The minimum atomic E-state index is 0.977. The molecule has 1 saturated carbocycles. The van der Waals surface area contributed by atoms with E-state index in [-0.39, 0.29) is 0 Å². The Morgan fingerprint density at radius 1 is 1.05 bits per heavy atom. The first kappa shape index (κ1) is 14.4. The molecule has 1 aromatic rings. The van der Waals surface area contributed by atoms with E-state index < -0.39 is 0 Å². The largest absolute Gasteiger partial charge is 0.385 e. The van der Waals surface area contributed by atoms with Crippen LogP contribution in [-0.4, -0.2) is 6.54 Å². The molecule has 1 aliphatic carbocycles. The Morgan fingerprint density at radius 2 is 1.79 bits per heavy atom. The Morgan fingerprint density at radius 3 is 2.47 bits per heavy atom. The van der Waals surface area contributed by atoms with Gasteiger partial charge >= 0.3 is 0 Å². The first-order chi connectivity index (χ1) is 9.38. The van der Waals surface area contributed by atoms with Crippen molar-refractivity contribution < 1.29 is 0 Å². The second-order valence-electron chi connectivity index (χ2n) is 6.02. The lowest BCUT2D eigenvalue weighted by Gasteiger charge is -2.21. The third kappa shape index (κ3) is 5.26. The molecule has 0 heterocycles. The monoisotopic (exact) mass is 259 g/mol. The van der Waals surface area contributed by atoms with Gasteiger partial charge in [-0.05, 0) is 42.9 Å². The van der Waals surface area contributed by atoms with E-state index in [1.54, 1.807) is 0 Å². The molecule has 1 fully saturated rings. The van der Waals surface area contributed by atoms with Crippen LogP contribution in [0.25, 0.3) is 0 Å². The normalized spacial score (nSPS) is 16.5. The molecule has 0 saturated heterocycles. The van der Waals surface area contributed by atoms with Gasteiger partial charge < -0.3 is 5.32 Å². The maximum atomic E-state index is 3.58. The summed E-state index contributed by atoms with van der Waals surface area (Å²) in [7, 11) is 0. The number of hydrogen-bond donors (Lipinski definition) is 1. The van der Waals surface area contributed by atoms with Crippen molar-refractivity contribution in [2.24, 2.45) is 5.92 Å². The zero-order valence-electron chi connectivity index (χ0n) is 12.5. The van der Waals surface area contributed by atoms with Gasteiger partial charge in [0.05, 0.1) is 0 Å². The van der Waals surface area contributed by atoms with Crippen LogP contribution in [0.1, 0.15) is 63.9 Å². The van der Waals surface area contributed by atoms with Crippen LogP contribution >= 0.6 is 0 Å². The quantitative estimate of drug-likeness (QED) is 0.690. The van der Waals surface area contributed by atoms with Crippen LogP contribution < -0.4 is 5.32 Å². The lowest BCUT2D eigenvalue weighted by molar-refractivity contribution is 0.345. The Labute approximate surface area is 118 Å². The van der Waals surface area contributed by atoms with E-state index in [0.717, 1.165) is 12.5 Å². The van der Waals surface area contributed by atoms with E-state index in [9.17, 15) is 0 Å². The zero-order valence-corrected chi connectivity index (χ0v) is 12.5. The lowest BCUT2D eigenvalue weighted by Crippen LogP contribution is -2.12. The van der Waals surface area contributed by atoms with Gasteiger partial charge in [-0.1, -0.05) is 57.6 Å². The summed E-state index contributed by atoms with van der Waals surface area (Å²) in [6, 6.07) is 9.04. The molecule has 0 aromatic heterocycles. The third-order valence-electron chi connectivity index (χ3n) is 4.38. The number of aryl methyl sites for hydroxylation is 1. The van der Waals surface area contributed by atoms with Crippen LogP contribution in [0.15, 0.2) is 24.3 Å². The van der Waals surface area contributed by atoms with Crippen LogP contribution in [0.2, 0.25) is 0 Å². The number of anilines is 1. The van der Waals surface area contributed by atoms with E-state index in [2.05, 4.69) is 36.5 Å². The average molecular weight is 259 g/mol. The van der Waals surface area contributed by atoms with Gasteiger partial charge in [0.2, 0.25) is 0 Å². The molecule has 2 rings (SSSR count). The number of nitrogens with one attached hydrogen (secondary N) is 1. The summed E-state index contributed by atoms with van der Waals surface area (Å²) in [6.07, 6.45) is 12.4. The van der Waals surface area contributed by atoms with Gasteiger partial charge in [-0.3, -0.25) is 0 Å². The molecule has 106 valence electrons. The number of unbranched alkanes of at least 4 members (excludes halogenated alkanes) is 1. The first-order valence-corrected chi connectivity index (χ1v) is 8.21. The highest BCUT2D eigenvalue weighted by Crippen LogP contribution is 2.26. The molecule has 0 amide bonds. The second kappa shape index (κ2) is 8.24. The Kier molecular flexibility index (Phi) is 6.26. The van der Waals surface area contributed by atoms with Crippen LogP contribution in [0.3, 0.4) is 0 Å². The van der Waals surface area contributed by atoms with E-state index in [1.165, 1.54) is 69.0 Å². The van der Waals surface area contributed by atoms with Gasteiger partial charge in [0.25, 0.3) is 0 Å². The number of benzene rings is 1. The van der Waals surface area contributed by atoms with Gasteiger partial charge in [0.1, 0.15) is 0 Å². The maximum Gasteiger partial charge on any atom is 0.0340 e. The minimum absolute atomic E-state index is 0.977. The van der Waals surface area contributed by atoms with Crippen molar-refractivity contribution in [2.45, 2.75) is 64.7 Å². The molecule has 0 atom stereocenters. The fourth-order valence-corrected chi connectivity index (χ4v) is 3.07. The highest BCUT2D eigenvalue weighted by molar-refractivity contribution is 5.44. The van der Waals surface area contributed by atoms with Crippen molar-refractivity contribution in [3.63, 3.8) is 0 Å². The van der Waals surface area contributed by atoms with Crippen LogP contribution in [0.5, 0.6) is 0 Å². The molecule has 0 unspecified atom stereocenters. The van der Waals surface area contributed by atoms with Crippen molar-refractivity contribution >= 4 is 5.69 Å². The summed E-state index contributed by atoms with van der Waals surface area (Å²) in [5.74, 6) is 0.977. The van der Waals surface area contributed by atoms with Crippen molar-refractivity contribution in [1.82, 2.24) is 0 Å². The Balaban J connectivity index is 1.67. The molecule has 1 N–H and O–H groups in total. The predicted octanol–water partition coefficient (Wildman–Crippen LogP) is 5.41. The van der Waals surface area contributed by atoms with Crippen LogP contribution in [0, 0.1) is 5.92 Å². The van der Waals surface area contributed by atoms with Crippen LogP contribution in [-0.2, 0) is 6.42 Å². The molecule has 0 bridgehead atoms. The van der Waals surface area contributed by atoms with Crippen molar-refractivity contribution in [1.29, 1.82) is 0 Å². The van der Waals surface area contributed by atoms with E-state index >= 15 is 0 Å². The van der Waals surface area contributed by atoms with Gasteiger partial charge in [-0.25, -0.2) is 0 Å². The lowest BCUT2D eigenvalue weighted by atomic mass is 9.87. The van der Waals surface area contributed by atoms with Gasteiger partial charge in [-0.15, -0.1) is 0 Å². The van der Waals surface area contributed by atoms with E-state index in [0.29, 0.717) is 0 Å². The fourth-order valence-electron chi connectivity index (χ4n) is 3.07. The highest BCUT2D eigenvalue weighted by Gasteiger charge is 2.12. The summed E-state index contributed by atoms with van der Waals surface area (Å²) in [5, 5.41) is 3.58. The summed E-state index contributed by atoms with van der Waals surface area (Å²) < 4.78 is 0. The Bertz CT molecular complexity index is 335. The smallest absolute Gasteiger partial charge is 0.0340 e.